The third kappa shape index (κ3) is 3.09. The van der Waals surface area contributed by atoms with Crippen LogP contribution in [-0.2, 0) is 22.4 Å². The minimum absolute atomic E-state index is 0.0426. The lowest BCUT2D eigenvalue weighted by Crippen LogP contribution is -2.23. The van der Waals surface area contributed by atoms with Gasteiger partial charge in [0, 0.05) is 10.6 Å². The van der Waals surface area contributed by atoms with Crippen molar-refractivity contribution >= 4 is 39.0 Å². The smallest absolute Gasteiger partial charge is 0.309 e. The van der Waals surface area contributed by atoms with Crippen LogP contribution in [0.1, 0.15) is 23.8 Å². The molecule has 0 amide bonds. The lowest BCUT2D eigenvalue weighted by atomic mass is 9.88. The highest BCUT2D eigenvalue weighted by Gasteiger charge is 2.29. The first-order chi connectivity index (χ1) is 12.3. The minimum atomic E-state index is -0.0840. The molecule has 1 N–H and O–H groups in total. The Balaban J connectivity index is 1.69. The average molecular weight is 353 g/mol. The van der Waals surface area contributed by atoms with E-state index in [0.717, 1.165) is 41.0 Å². The Labute approximate surface area is 150 Å². The topological polar surface area (TPSA) is 64.1 Å². The Hall–Kier alpha value is -2.47. The second-order valence-corrected chi connectivity index (χ2v) is 7.17. The number of ether oxygens (including phenoxy) is 1. The third-order valence-electron chi connectivity index (χ3n) is 4.50. The number of hydrogen-bond donors (Lipinski definition) is 1. The first kappa shape index (κ1) is 16.0. The molecule has 2 heterocycles. The van der Waals surface area contributed by atoms with E-state index in [0.29, 0.717) is 6.61 Å². The maximum atomic E-state index is 12.1. The molecule has 0 radical (unpaired) electrons. The van der Waals surface area contributed by atoms with Crippen LogP contribution in [0.4, 0.5) is 11.5 Å². The molecule has 0 bridgehead atoms. The molecule has 128 valence electrons. The number of anilines is 2. The molecule has 6 heteroatoms. The molecule has 1 atom stereocenters. The minimum Gasteiger partial charge on any atom is -0.466 e. The number of benzene rings is 1. The van der Waals surface area contributed by atoms with E-state index in [1.54, 1.807) is 17.7 Å². The summed E-state index contributed by atoms with van der Waals surface area (Å²) < 4.78 is 5.20. The van der Waals surface area contributed by atoms with Gasteiger partial charge in [0.25, 0.3) is 0 Å². The van der Waals surface area contributed by atoms with Crippen LogP contribution in [0.2, 0.25) is 0 Å². The van der Waals surface area contributed by atoms with E-state index in [4.69, 9.17) is 4.74 Å². The van der Waals surface area contributed by atoms with Gasteiger partial charge in [-0.3, -0.25) is 4.79 Å². The van der Waals surface area contributed by atoms with Crippen molar-refractivity contribution in [2.45, 2.75) is 26.2 Å². The molecule has 5 nitrogen and oxygen atoms in total. The molecule has 2 aromatic heterocycles. The molecule has 1 aliphatic rings. The number of esters is 1. The molecule has 0 saturated carbocycles. The number of carbonyl (C=O) groups excluding carboxylic acids is 1. The van der Waals surface area contributed by atoms with Crippen LogP contribution in [-0.4, -0.2) is 22.5 Å². The van der Waals surface area contributed by atoms with Crippen molar-refractivity contribution in [1.29, 1.82) is 0 Å². The van der Waals surface area contributed by atoms with Crippen LogP contribution in [0.15, 0.2) is 36.7 Å². The number of carbonyl (C=O) groups is 1. The van der Waals surface area contributed by atoms with Crippen molar-refractivity contribution in [3.8, 4) is 0 Å². The number of aryl methyl sites for hydroxylation is 1. The SMILES string of the molecule is CCOC(=O)C1CCc2c(sc3ncnc(Nc4ccccc4)c23)C1. The van der Waals surface area contributed by atoms with E-state index in [1.807, 2.05) is 37.3 Å². The van der Waals surface area contributed by atoms with Gasteiger partial charge in [-0.25, -0.2) is 9.97 Å². The summed E-state index contributed by atoms with van der Waals surface area (Å²) in [4.78, 5) is 23.2. The van der Waals surface area contributed by atoms with E-state index in [9.17, 15) is 4.79 Å². The molecule has 1 aliphatic carbocycles. The fourth-order valence-corrected chi connectivity index (χ4v) is 4.59. The molecule has 3 aromatic rings. The fourth-order valence-electron chi connectivity index (χ4n) is 3.32. The van der Waals surface area contributed by atoms with Crippen molar-refractivity contribution in [2.24, 2.45) is 5.92 Å². The van der Waals surface area contributed by atoms with Gasteiger partial charge in [-0.05, 0) is 43.9 Å². The summed E-state index contributed by atoms with van der Waals surface area (Å²) in [6.07, 6.45) is 4.01. The highest BCUT2D eigenvalue weighted by atomic mass is 32.1. The van der Waals surface area contributed by atoms with Gasteiger partial charge in [0.1, 0.15) is 17.0 Å². The van der Waals surface area contributed by atoms with Crippen LogP contribution in [0.3, 0.4) is 0 Å². The predicted molar refractivity (Wildman–Crippen MR) is 99.3 cm³/mol. The van der Waals surface area contributed by atoms with E-state index < -0.39 is 0 Å². The number of fused-ring (bicyclic) bond motifs is 3. The van der Waals surface area contributed by atoms with Gasteiger partial charge < -0.3 is 10.1 Å². The first-order valence-electron chi connectivity index (χ1n) is 8.50. The quantitative estimate of drug-likeness (QED) is 0.715. The summed E-state index contributed by atoms with van der Waals surface area (Å²) in [5, 5.41) is 4.49. The summed E-state index contributed by atoms with van der Waals surface area (Å²) in [7, 11) is 0. The Morgan fingerprint density at radius 2 is 2.16 bits per heavy atom. The summed E-state index contributed by atoms with van der Waals surface area (Å²) >= 11 is 1.66. The largest absolute Gasteiger partial charge is 0.466 e. The standard InChI is InChI=1S/C19H19N3O2S/c1-2-24-19(23)12-8-9-14-15(10-12)25-18-16(14)17(20-11-21-18)22-13-6-4-3-5-7-13/h3-7,11-12H,2,8-10H2,1H3,(H,20,21,22). The monoisotopic (exact) mass is 353 g/mol. The molecule has 25 heavy (non-hydrogen) atoms. The second kappa shape index (κ2) is 6.80. The molecule has 0 saturated heterocycles. The van der Waals surface area contributed by atoms with E-state index >= 15 is 0 Å². The van der Waals surface area contributed by atoms with Crippen molar-refractivity contribution in [1.82, 2.24) is 9.97 Å². The second-order valence-electron chi connectivity index (χ2n) is 6.09. The van der Waals surface area contributed by atoms with Gasteiger partial charge in [-0.1, -0.05) is 18.2 Å². The van der Waals surface area contributed by atoms with E-state index in [2.05, 4.69) is 15.3 Å². The highest BCUT2D eigenvalue weighted by Crippen LogP contribution is 2.40. The van der Waals surface area contributed by atoms with Crippen LogP contribution >= 0.6 is 11.3 Å². The number of aromatic nitrogens is 2. The van der Waals surface area contributed by atoms with Crippen molar-refractivity contribution in [2.75, 3.05) is 11.9 Å². The number of para-hydroxylation sites is 1. The number of thiophene rings is 1. The lowest BCUT2D eigenvalue weighted by Gasteiger charge is -2.20. The number of rotatable bonds is 4. The number of nitrogens with one attached hydrogen (secondary N) is 1. The van der Waals surface area contributed by atoms with Gasteiger partial charge in [0.15, 0.2) is 0 Å². The molecule has 1 aromatic carbocycles. The Bertz CT molecular complexity index is 908. The number of nitrogens with zero attached hydrogens (tertiary/aromatic N) is 2. The van der Waals surface area contributed by atoms with Crippen molar-refractivity contribution in [3.05, 3.63) is 47.1 Å². The first-order valence-corrected chi connectivity index (χ1v) is 9.32. The average Bonchev–Trinajstić information content (AvgIpc) is 3.01. The van der Waals surface area contributed by atoms with Gasteiger partial charge in [-0.2, -0.15) is 0 Å². The maximum Gasteiger partial charge on any atom is 0.309 e. The van der Waals surface area contributed by atoms with Crippen LogP contribution < -0.4 is 5.32 Å². The Morgan fingerprint density at radius 1 is 1.32 bits per heavy atom. The van der Waals surface area contributed by atoms with Crippen molar-refractivity contribution in [3.63, 3.8) is 0 Å². The molecule has 0 fully saturated rings. The summed E-state index contributed by atoms with van der Waals surface area (Å²) in [6.45, 7) is 2.29. The summed E-state index contributed by atoms with van der Waals surface area (Å²) in [5.74, 6) is 0.710. The molecule has 4 rings (SSSR count). The van der Waals surface area contributed by atoms with Crippen LogP contribution in [0.5, 0.6) is 0 Å². The fraction of sp³-hybridized carbons (Fsp3) is 0.316. The zero-order valence-corrected chi connectivity index (χ0v) is 14.8. The van der Waals surface area contributed by atoms with Gasteiger partial charge in [-0.15, -0.1) is 11.3 Å². The summed E-state index contributed by atoms with van der Waals surface area (Å²) in [6, 6.07) is 10.0. The Morgan fingerprint density at radius 3 is 2.96 bits per heavy atom. The maximum absolute atomic E-state index is 12.1. The van der Waals surface area contributed by atoms with E-state index in [1.165, 1.54) is 10.4 Å². The highest BCUT2D eigenvalue weighted by molar-refractivity contribution is 7.19. The molecule has 0 spiro atoms. The number of hydrogen-bond acceptors (Lipinski definition) is 6. The molecular formula is C19H19N3O2S. The third-order valence-corrected chi connectivity index (χ3v) is 5.66. The zero-order valence-electron chi connectivity index (χ0n) is 14.0. The van der Waals surface area contributed by atoms with Crippen molar-refractivity contribution < 1.29 is 9.53 Å². The van der Waals surface area contributed by atoms with Gasteiger partial charge >= 0.3 is 5.97 Å². The van der Waals surface area contributed by atoms with Crippen LogP contribution in [0.25, 0.3) is 10.2 Å². The molecule has 0 aliphatic heterocycles. The zero-order chi connectivity index (χ0) is 17.2. The van der Waals surface area contributed by atoms with Gasteiger partial charge in [0.2, 0.25) is 0 Å². The van der Waals surface area contributed by atoms with Crippen LogP contribution in [0, 0.1) is 5.92 Å². The normalized spacial score (nSPS) is 16.4. The molecular weight excluding hydrogens is 334 g/mol. The van der Waals surface area contributed by atoms with E-state index in [-0.39, 0.29) is 11.9 Å². The lowest BCUT2D eigenvalue weighted by molar-refractivity contribution is -0.148. The molecule has 1 unspecified atom stereocenters. The summed E-state index contributed by atoms with van der Waals surface area (Å²) in [5.41, 5.74) is 2.28. The van der Waals surface area contributed by atoms with Gasteiger partial charge in [0.05, 0.1) is 17.9 Å². The Kier molecular flexibility index (Phi) is 4.36. The predicted octanol–water partition coefficient (Wildman–Crippen LogP) is 4.10.